The number of rotatable bonds is 11. The van der Waals surface area contributed by atoms with Gasteiger partial charge in [0.1, 0.15) is 0 Å². The van der Waals surface area contributed by atoms with Gasteiger partial charge in [-0.1, -0.05) is 74.5 Å². The Morgan fingerprint density at radius 1 is 0.912 bits per heavy atom. The second-order valence-corrected chi connectivity index (χ2v) is 12.7. The largest absolute Gasteiger partial charge is 0.465 e. The third-order valence-electron chi connectivity index (χ3n) is 5.65. The number of amides is 1. The summed E-state index contributed by atoms with van der Waals surface area (Å²) in [5.74, 6) is 0.0387. The highest BCUT2D eigenvalue weighted by molar-refractivity contribution is 7.90. The number of aliphatic hydroxyl groups is 1. The van der Waals surface area contributed by atoms with E-state index in [9.17, 15) is 23.4 Å². The van der Waals surface area contributed by atoms with E-state index in [0.717, 1.165) is 11.1 Å². The summed E-state index contributed by atoms with van der Waals surface area (Å²) >= 11 is 0. The van der Waals surface area contributed by atoms with E-state index < -0.39 is 33.0 Å². The van der Waals surface area contributed by atoms with Crippen molar-refractivity contribution < 1.29 is 23.4 Å². The predicted molar refractivity (Wildman–Crippen MR) is 135 cm³/mol. The first-order chi connectivity index (χ1) is 15.8. The molecule has 0 aromatic heterocycles. The minimum atomic E-state index is -3.73. The van der Waals surface area contributed by atoms with E-state index >= 15 is 0 Å². The fourth-order valence-electron chi connectivity index (χ4n) is 3.81. The first kappa shape index (κ1) is 27.8. The Morgan fingerprint density at radius 3 is 1.85 bits per heavy atom. The van der Waals surface area contributed by atoms with Gasteiger partial charge in [-0.2, -0.15) is 4.31 Å². The van der Waals surface area contributed by atoms with Crippen molar-refractivity contribution >= 4 is 16.1 Å². The van der Waals surface area contributed by atoms with Crippen LogP contribution < -0.4 is 0 Å². The summed E-state index contributed by atoms with van der Waals surface area (Å²) in [5, 5.41) is 21.5. The number of benzene rings is 2. The SMILES string of the molecule is CC(C)CN(C[C@@H](O)[C@H](Cc1ccccc1)N(Cc1ccccc1)C(=O)O)S(=O)(=O)C(C)(C)C. The van der Waals surface area contributed by atoms with Gasteiger partial charge in [-0.3, -0.25) is 4.90 Å². The van der Waals surface area contributed by atoms with Crippen LogP contribution in [-0.2, 0) is 23.0 Å². The Bertz CT molecular complexity index is 1000. The van der Waals surface area contributed by atoms with Crippen LogP contribution in [0.5, 0.6) is 0 Å². The first-order valence-corrected chi connectivity index (χ1v) is 13.0. The van der Waals surface area contributed by atoms with Gasteiger partial charge in [0.25, 0.3) is 0 Å². The lowest BCUT2D eigenvalue weighted by atomic mass is 9.98. The number of carbonyl (C=O) groups is 1. The van der Waals surface area contributed by atoms with Gasteiger partial charge in [0.15, 0.2) is 0 Å². The molecule has 7 nitrogen and oxygen atoms in total. The molecule has 0 saturated carbocycles. The Labute approximate surface area is 204 Å². The van der Waals surface area contributed by atoms with Crippen molar-refractivity contribution in [2.75, 3.05) is 13.1 Å². The van der Waals surface area contributed by atoms with E-state index in [2.05, 4.69) is 0 Å². The topological polar surface area (TPSA) is 98.2 Å². The molecule has 0 fully saturated rings. The van der Waals surface area contributed by atoms with Crippen LogP contribution in [0.2, 0.25) is 0 Å². The Hall–Kier alpha value is -2.42. The molecule has 0 unspecified atom stereocenters. The summed E-state index contributed by atoms with van der Waals surface area (Å²) in [5.41, 5.74) is 1.65. The standard InChI is InChI=1S/C26H38N2O5S/c1-20(2)17-27(34(32,33)26(3,4)5)19-24(29)23(16-21-12-8-6-9-13-21)28(25(30)31)18-22-14-10-7-11-15-22/h6-15,20,23-24,29H,16-19H2,1-5H3,(H,30,31)/t23-,24+/m0/s1. The van der Waals surface area contributed by atoms with E-state index in [1.54, 1.807) is 20.8 Å². The van der Waals surface area contributed by atoms with Gasteiger partial charge in [-0.05, 0) is 44.2 Å². The van der Waals surface area contributed by atoms with Crippen LogP contribution in [0, 0.1) is 5.92 Å². The van der Waals surface area contributed by atoms with Crippen LogP contribution in [0.1, 0.15) is 45.7 Å². The zero-order valence-corrected chi connectivity index (χ0v) is 21.6. The summed E-state index contributed by atoms with van der Waals surface area (Å²) in [6.45, 7) is 8.85. The number of aliphatic hydroxyl groups excluding tert-OH is 1. The normalized spacial score (nSPS) is 14.2. The molecule has 0 heterocycles. The fraction of sp³-hybridized carbons (Fsp3) is 0.500. The van der Waals surface area contributed by atoms with Crippen LogP contribution in [0.15, 0.2) is 60.7 Å². The highest BCUT2D eigenvalue weighted by Gasteiger charge is 2.39. The molecule has 188 valence electrons. The maximum absolute atomic E-state index is 13.3. The highest BCUT2D eigenvalue weighted by atomic mass is 32.2. The summed E-state index contributed by atoms with van der Waals surface area (Å²) in [6.07, 6.45) is -2.14. The van der Waals surface area contributed by atoms with Crippen molar-refractivity contribution in [3.05, 3.63) is 71.8 Å². The van der Waals surface area contributed by atoms with Crippen LogP contribution in [0.3, 0.4) is 0 Å². The predicted octanol–water partition coefficient (Wildman–Crippen LogP) is 4.23. The lowest BCUT2D eigenvalue weighted by molar-refractivity contribution is 0.0334. The van der Waals surface area contributed by atoms with E-state index in [1.165, 1.54) is 9.21 Å². The number of nitrogens with zero attached hydrogens (tertiary/aromatic N) is 2. The molecular weight excluding hydrogens is 452 g/mol. The van der Waals surface area contributed by atoms with Gasteiger partial charge < -0.3 is 10.2 Å². The van der Waals surface area contributed by atoms with E-state index in [-0.39, 0.29) is 32.0 Å². The molecule has 2 aromatic carbocycles. The lowest BCUT2D eigenvalue weighted by Crippen LogP contribution is -2.54. The Balaban J connectivity index is 2.43. The first-order valence-electron chi connectivity index (χ1n) is 11.6. The van der Waals surface area contributed by atoms with E-state index in [0.29, 0.717) is 0 Å². The second-order valence-electron chi connectivity index (χ2n) is 10.0. The summed E-state index contributed by atoms with van der Waals surface area (Å²) in [6, 6.07) is 17.7. The quantitative estimate of drug-likeness (QED) is 0.491. The molecule has 1 amide bonds. The average molecular weight is 491 g/mol. The van der Waals surface area contributed by atoms with Crippen molar-refractivity contribution in [3.63, 3.8) is 0 Å². The molecule has 0 saturated heterocycles. The molecule has 8 heteroatoms. The number of sulfonamides is 1. The van der Waals surface area contributed by atoms with Crippen molar-refractivity contribution in [2.24, 2.45) is 5.92 Å². The second kappa shape index (κ2) is 11.8. The van der Waals surface area contributed by atoms with Crippen LogP contribution in [0.25, 0.3) is 0 Å². The third kappa shape index (κ3) is 7.55. The maximum atomic E-state index is 13.3. The van der Waals surface area contributed by atoms with Gasteiger partial charge in [0.2, 0.25) is 10.0 Å². The maximum Gasteiger partial charge on any atom is 0.407 e. The van der Waals surface area contributed by atoms with Crippen LogP contribution in [0.4, 0.5) is 4.79 Å². The molecule has 2 N–H and O–H groups in total. The van der Waals surface area contributed by atoms with Crippen LogP contribution >= 0.6 is 0 Å². The molecule has 2 aromatic rings. The summed E-state index contributed by atoms with van der Waals surface area (Å²) < 4.78 is 26.8. The molecule has 0 aliphatic rings. The van der Waals surface area contributed by atoms with Gasteiger partial charge >= 0.3 is 6.09 Å². The zero-order chi connectivity index (χ0) is 25.5. The molecule has 0 aliphatic heterocycles. The molecule has 0 spiro atoms. The third-order valence-corrected chi connectivity index (χ3v) is 8.17. The Kier molecular flexibility index (Phi) is 9.67. The highest BCUT2D eigenvalue weighted by Crippen LogP contribution is 2.24. The number of hydrogen-bond acceptors (Lipinski definition) is 4. The fourth-order valence-corrected chi connectivity index (χ4v) is 5.43. The monoisotopic (exact) mass is 490 g/mol. The van der Waals surface area contributed by atoms with Gasteiger partial charge in [-0.15, -0.1) is 0 Å². The van der Waals surface area contributed by atoms with Gasteiger partial charge in [0, 0.05) is 19.6 Å². The molecule has 0 radical (unpaired) electrons. The average Bonchev–Trinajstić information content (AvgIpc) is 2.75. The minimum Gasteiger partial charge on any atom is -0.465 e. The molecule has 2 rings (SSSR count). The molecule has 2 atom stereocenters. The van der Waals surface area contributed by atoms with Crippen molar-refractivity contribution in [1.82, 2.24) is 9.21 Å². The van der Waals surface area contributed by atoms with Crippen molar-refractivity contribution in [2.45, 2.75) is 64.5 Å². The van der Waals surface area contributed by atoms with Crippen molar-refractivity contribution in [1.29, 1.82) is 0 Å². The number of hydrogen-bond donors (Lipinski definition) is 2. The summed E-state index contributed by atoms with van der Waals surface area (Å²) in [7, 11) is -3.73. The van der Waals surface area contributed by atoms with Crippen molar-refractivity contribution in [3.8, 4) is 0 Å². The summed E-state index contributed by atoms with van der Waals surface area (Å²) in [4.78, 5) is 13.6. The molecule has 34 heavy (non-hydrogen) atoms. The van der Waals surface area contributed by atoms with Crippen LogP contribution in [-0.4, -0.2) is 63.9 Å². The van der Waals surface area contributed by atoms with E-state index in [1.807, 2.05) is 74.5 Å². The van der Waals surface area contributed by atoms with E-state index in [4.69, 9.17) is 0 Å². The molecule has 0 aliphatic carbocycles. The zero-order valence-electron chi connectivity index (χ0n) is 20.8. The minimum absolute atomic E-state index is 0.0387. The number of carboxylic acid groups (broad SMARTS) is 1. The Morgan fingerprint density at radius 2 is 1.41 bits per heavy atom. The smallest absolute Gasteiger partial charge is 0.407 e. The van der Waals surface area contributed by atoms with Gasteiger partial charge in [0.05, 0.1) is 16.9 Å². The molecule has 0 bridgehead atoms. The van der Waals surface area contributed by atoms with Gasteiger partial charge in [-0.25, -0.2) is 13.2 Å². The lowest BCUT2D eigenvalue weighted by Gasteiger charge is -2.37. The molecular formula is C26H38N2O5S.